The van der Waals surface area contributed by atoms with Crippen LogP contribution >= 0.6 is 0 Å². The summed E-state index contributed by atoms with van der Waals surface area (Å²) < 4.78 is 6.47. The molecule has 1 atom stereocenters. The lowest BCUT2D eigenvalue weighted by molar-refractivity contribution is 0.260. The molecule has 47 heavy (non-hydrogen) atoms. The lowest BCUT2D eigenvalue weighted by atomic mass is 9.87. The molecular weight excluding hydrogens is 574 g/mol. The van der Waals surface area contributed by atoms with Crippen molar-refractivity contribution in [1.82, 2.24) is 9.97 Å². The van der Waals surface area contributed by atoms with E-state index in [-0.39, 0.29) is 6.23 Å². The van der Waals surface area contributed by atoms with E-state index >= 15 is 0 Å². The van der Waals surface area contributed by atoms with E-state index in [9.17, 15) is 0 Å². The molecule has 0 saturated carbocycles. The van der Waals surface area contributed by atoms with Crippen LogP contribution < -0.4 is 10.1 Å². The van der Waals surface area contributed by atoms with Gasteiger partial charge in [-0.05, 0) is 51.2 Å². The minimum absolute atomic E-state index is 0.224. The van der Waals surface area contributed by atoms with Crippen molar-refractivity contribution in [2.75, 3.05) is 5.32 Å². The molecule has 0 spiro atoms. The lowest BCUT2D eigenvalue weighted by Crippen LogP contribution is -2.09. The minimum atomic E-state index is -0.224. The van der Waals surface area contributed by atoms with E-state index in [2.05, 4.69) is 133 Å². The van der Waals surface area contributed by atoms with Crippen LogP contribution in [0.3, 0.4) is 0 Å². The average molecular weight is 604 g/mol. The highest BCUT2D eigenvalue weighted by molar-refractivity contribution is 6.06. The molecule has 0 radical (unpaired) electrons. The van der Waals surface area contributed by atoms with Gasteiger partial charge in [-0.3, -0.25) is 0 Å². The summed E-state index contributed by atoms with van der Waals surface area (Å²) in [7, 11) is 0. The highest BCUT2D eigenvalue weighted by Gasteiger charge is 2.25. The van der Waals surface area contributed by atoms with E-state index in [4.69, 9.17) is 14.7 Å². The molecule has 4 heteroatoms. The molecule has 8 aromatic rings. The van der Waals surface area contributed by atoms with Crippen molar-refractivity contribution < 1.29 is 4.74 Å². The van der Waals surface area contributed by atoms with Crippen LogP contribution in [0.4, 0.5) is 5.69 Å². The van der Waals surface area contributed by atoms with Crippen LogP contribution in [0.5, 0.6) is 5.75 Å². The fraction of sp³-hybridized carbons (Fsp3) is 0.0233. The first kappa shape index (κ1) is 27.1. The zero-order chi connectivity index (χ0) is 31.2. The van der Waals surface area contributed by atoms with E-state index in [1.54, 1.807) is 0 Å². The van der Waals surface area contributed by atoms with Crippen LogP contribution in [0.1, 0.15) is 11.8 Å². The summed E-state index contributed by atoms with van der Waals surface area (Å²) in [5.41, 5.74) is 10.4. The van der Waals surface area contributed by atoms with Gasteiger partial charge in [-0.1, -0.05) is 146 Å². The number of nitrogens with zero attached hydrogens (tertiary/aromatic N) is 2. The molecule has 1 aromatic heterocycles. The maximum Gasteiger partial charge on any atom is 0.196 e. The third-order valence-electron chi connectivity index (χ3n) is 8.94. The molecule has 7 aromatic carbocycles. The van der Waals surface area contributed by atoms with Gasteiger partial charge in [-0.25, -0.2) is 9.97 Å². The number of hydrogen-bond acceptors (Lipinski definition) is 4. The molecule has 4 nitrogen and oxygen atoms in total. The molecule has 0 bridgehead atoms. The maximum atomic E-state index is 6.47. The van der Waals surface area contributed by atoms with Crippen molar-refractivity contribution in [2.45, 2.75) is 6.23 Å². The Kier molecular flexibility index (Phi) is 6.50. The Morgan fingerprint density at radius 2 is 1.21 bits per heavy atom. The number of para-hydroxylation sites is 1. The largest absolute Gasteiger partial charge is 0.464 e. The number of anilines is 1. The van der Waals surface area contributed by atoms with E-state index in [1.807, 2.05) is 36.4 Å². The first-order valence-corrected chi connectivity index (χ1v) is 15.9. The van der Waals surface area contributed by atoms with Gasteiger partial charge in [0, 0.05) is 22.1 Å². The number of fused-ring (bicyclic) bond motifs is 3. The zero-order valence-corrected chi connectivity index (χ0v) is 25.5. The van der Waals surface area contributed by atoms with Gasteiger partial charge < -0.3 is 10.1 Å². The molecule has 1 aliphatic heterocycles. The summed E-state index contributed by atoms with van der Waals surface area (Å²) in [6, 6.07) is 56.9. The van der Waals surface area contributed by atoms with Gasteiger partial charge in [0.15, 0.2) is 12.1 Å². The van der Waals surface area contributed by atoms with E-state index in [1.165, 1.54) is 10.8 Å². The Balaban J connectivity index is 1.23. The first-order chi connectivity index (χ1) is 23.3. The van der Waals surface area contributed by atoms with E-state index < -0.39 is 0 Å². The summed E-state index contributed by atoms with van der Waals surface area (Å²) in [6.07, 6.45) is -0.224. The molecule has 2 heterocycles. The molecule has 1 aliphatic rings. The highest BCUT2D eigenvalue weighted by atomic mass is 16.5. The Bertz CT molecular complexity index is 2420. The minimum Gasteiger partial charge on any atom is -0.464 e. The number of hydrogen-bond donors (Lipinski definition) is 1. The lowest BCUT2D eigenvalue weighted by Gasteiger charge is -2.18. The van der Waals surface area contributed by atoms with Crippen molar-refractivity contribution >= 4 is 27.4 Å². The van der Waals surface area contributed by atoms with Gasteiger partial charge in [-0.2, -0.15) is 0 Å². The van der Waals surface area contributed by atoms with Crippen molar-refractivity contribution in [3.63, 3.8) is 0 Å². The molecule has 0 saturated heterocycles. The molecule has 0 aliphatic carbocycles. The number of ether oxygens (including phenoxy) is 1. The summed E-state index contributed by atoms with van der Waals surface area (Å²) in [6.45, 7) is 0. The van der Waals surface area contributed by atoms with Gasteiger partial charge >= 0.3 is 0 Å². The second-order valence-corrected chi connectivity index (χ2v) is 11.8. The molecule has 0 amide bonds. The highest BCUT2D eigenvalue weighted by Crippen LogP contribution is 2.46. The molecule has 9 rings (SSSR count). The van der Waals surface area contributed by atoms with Crippen LogP contribution in [0.15, 0.2) is 164 Å². The number of nitrogens with one attached hydrogen (secondary N) is 1. The second-order valence-electron chi connectivity index (χ2n) is 11.8. The molecule has 1 N–H and O–H groups in total. The van der Waals surface area contributed by atoms with Crippen molar-refractivity contribution in [3.05, 3.63) is 169 Å². The van der Waals surface area contributed by atoms with Crippen molar-refractivity contribution in [3.8, 4) is 50.6 Å². The van der Waals surface area contributed by atoms with Crippen molar-refractivity contribution in [1.29, 1.82) is 0 Å². The van der Waals surface area contributed by atoms with Gasteiger partial charge in [0.25, 0.3) is 0 Å². The van der Waals surface area contributed by atoms with Gasteiger partial charge in [0.05, 0.1) is 16.9 Å². The Morgan fingerprint density at radius 1 is 0.511 bits per heavy atom. The molecule has 1 unspecified atom stereocenters. The third kappa shape index (κ3) is 4.79. The second kappa shape index (κ2) is 11.3. The van der Waals surface area contributed by atoms with Crippen LogP contribution in [0.2, 0.25) is 0 Å². The summed E-state index contributed by atoms with van der Waals surface area (Å²) in [5, 5.41) is 6.93. The Hall–Kier alpha value is -6.26. The molecule has 222 valence electrons. The smallest absolute Gasteiger partial charge is 0.196 e. The van der Waals surface area contributed by atoms with Gasteiger partial charge in [0.2, 0.25) is 0 Å². The summed E-state index contributed by atoms with van der Waals surface area (Å²) >= 11 is 0. The Morgan fingerprint density at radius 3 is 2.06 bits per heavy atom. The standard InChI is InChI=1S/C43H29N3O/c1-3-14-29(15-4-1)41-36-21-11-12-22-37(36)44-42(46-41)35-20-10-9-19-33(35)34-25-23-28-13-7-8-18-32(28)40(34)31-24-26-38-39(27-31)47-43(45-38)30-16-5-2-6-17-30/h1-27,43,45H. The monoisotopic (exact) mass is 603 g/mol. The summed E-state index contributed by atoms with van der Waals surface area (Å²) in [4.78, 5) is 10.4. The predicted octanol–water partition coefficient (Wildman–Crippen LogP) is 11.0. The van der Waals surface area contributed by atoms with Gasteiger partial charge in [0.1, 0.15) is 5.75 Å². The maximum absolute atomic E-state index is 6.47. The van der Waals surface area contributed by atoms with Gasteiger partial charge in [-0.15, -0.1) is 0 Å². The average Bonchev–Trinajstić information content (AvgIpc) is 3.58. The first-order valence-electron chi connectivity index (χ1n) is 15.9. The third-order valence-corrected chi connectivity index (χ3v) is 8.94. The summed E-state index contributed by atoms with van der Waals surface area (Å²) in [5.74, 6) is 1.54. The predicted molar refractivity (Wildman–Crippen MR) is 192 cm³/mol. The van der Waals surface area contributed by atoms with Crippen LogP contribution in [-0.2, 0) is 0 Å². The number of benzene rings is 7. The van der Waals surface area contributed by atoms with Crippen LogP contribution in [-0.4, -0.2) is 9.97 Å². The Labute approximate surface area is 273 Å². The number of aromatic nitrogens is 2. The number of rotatable bonds is 5. The van der Waals surface area contributed by atoms with Crippen molar-refractivity contribution in [2.24, 2.45) is 0 Å². The van der Waals surface area contributed by atoms with Crippen LogP contribution in [0.25, 0.3) is 66.6 Å². The molecular formula is C43H29N3O. The SMILES string of the molecule is c1ccc(-c2nc(-c3ccccc3-c3ccc4ccccc4c3-c3ccc4c(c3)OC(c3ccccc3)N4)nc3ccccc23)cc1. The zero-order valence-electron chi connectivity index (χ0n) is 25.5. The fourth-order valence-electron chi connectivity index (χ4n) is 6.70. The molecule has 0 fully saturated rings. The normalized spacial score (nSPS) is 13.7. The van der Waals surface area contributed by atoms with E-state index in [0.717, 1.165) is 67.0 Å². The van der Waals surface area contributed by atoms with E-state index in [0.29, 0.717) is 5.82 Å². The quantitative estimate of drug-likeness (QED) is 0.213. The van der Waals surface area contributed by atoms with Crippen LogP contribution in [0, 0.1) is 0 Å². The fourth-order valence-corrected chi connectivity index (χ4v) is 6.70. The topological polar surface area (TPSA) is 47.0 Å².